The molecule has 2 heterocycles. The number of hydrogen-bond acceptors (Lipinski definition) is 4. The molecule has 3 rings (SSSR count). The minimum absolute atomic E-state index is 0.0201. The van der Waals surface area contributed by atoms with Crippen LogP contribution in [0.25, 0.3) is 5.57 Å². The first-order chi connectivity index (χ1) is 11.9. The Morgan fingerprint density at radius 1 is 1.32 bits per heavy atom. The molecule has 1 N–H and O–H groups in total. The van der Waals surface area contributed by atoms with Gasteiger partial charge < -0.3 is 19.4 Å². The zero-order valence-corrected chi connectivity index (χ0v) is 15.1. The number of nitrogens with one attached hydrogen (secondary N) is 1. The quantitative estimate of drug-likeness (QED) is 0.903. The fourth-order valence-electron chi connectivity index (χ4n) is 3.38. The summed E-state index contributed by atoms with van der Waals surface area (Å²) in [5.41, 5.74) is 2.69. The van der Waals surface area contributed by atoms with Crippen LogP contribution < -0.4 is 15.0 Å². The molecule has 1 aliphatic heterocycles. The molecule has 5 nitrogen and oxygen atoms in total. The number of anilines is 1. The van der Waals surface area contributed by atoms with Crippen molar-refractivity contribution in [1.29, 1.82) is 0 Å². The normalized spacial score (nSPS) is 15.5. The zero-order chi connectivity index (χ0) is 18.0. The lowest BCUT2D eigenvalue weighted by molar-refractivity contribution is -0.118. The smallest absolute Gasteiger partial charge is 0.241 e. The topological polar surface area (TPSA) is 54.7 Å². The molecule has 0 saturated carbocycles. The molecule has 0 fully saturated rings. The average Bonchev–Trinajstić information content (AvgIpc) is 3.07. The highest BCUT2D eigenvalue weighted by Crippen LogP contribution is 2.40. The predicted molar refractivity (Wildman–Crippen MR) is 98.6 cm³/mol. The van der Waals surface area contributed by atoms with E-state index < -0.39 is 5.54 Å². The van der Waals surface area contributed by atoms with Crippen molar-refractivity contribution in [3.63, 3.8) is 0 Å². The molecule has 132 valence electrons. The maximum atomic E-state index is 12.9. The van der Waals surface area contributed by atoms with Crippen molar-refractivity contribution in [2.45, 2.75) is 32.9 Å². The van der Waals surface area contributed by atoms with Crippen molar-refractivity contribution in [2.24, 2.45) is 0 Å². The molecule has 2 aromatic rings. The molecule has 1 aromatic carbocycles. The lowest BCUT2D eigenvalue weighted by Crippen LogP contribution is -2.51. The van der Waals surface area contributed by atoms with E-state index >= 15 is 0 Å². The summed E-state index contributed by atoms with van der Waals surface area (Å²) in [6, 6.07) is 9.55. The highest BCUT2D eigenvalue weighted by atomic mass is 16.5. The van der Waals surface area contributed by atoms with Crippen molar-refractivity contribution in [3.05, 3.63) is 54.0 Å². The number of benzene rings is 1. The Morgan fingerprint density at radius 3 is 2.80 bits per heavy atom. The van der Waals surface area contributed by atoms with Crippen LogP contribution in [0, 0.1) is 0 Å². The van der Waals surface area contributed by atoms with Crippen LogP contribution in [0.5, 0.6) is 5.75 Å². The van der Waals surface area contributed by atoms with Gasteiger partial charge >= 0.3 is 0 Å². The Kier molecular flexibility index (Phi) is 4.68. The van der Waals surface area contributed by atoms with Crippen LogP contribution in [0.15, 0.2) is 47.1 Å². The summed E-state index contributed by atoms with van der Waals surface area (Å²) in [4.78, 5) is 14.8. The molecule has 1 aliphatic rings. The van der Waals surface area contributed by atoms with E-state index in [0.717, 1.165) is 28.3 Å². The number of carbonyl (C=O) groups is 1. The number of rotatable bonds is 5. The Balaban J connectivity index is 1.82. The van der Waals surface area contributed by atoms with Crippen LogP contribution in [0.3, 0.4) is 0 Å². The first kappa shape index (κ1) is 17.3. The highest BCUT2D eigenvalue weighted by molar-refractivity contribution is 6.01. The summed E-state index contributed by atoms with van der Waals surface area (Å²) >= 11 is 0. The number of furan rings is 1. The number of carbonyl (C=O) groups excluding carboxylic acids is 1. The second kappa shape index (κ2) is 6.76. The molecule has 5 heteroatoms. The van der Waals surface area contributed by atoms with Gasteiger partial charge in [-0.15, -0.1) is 0 Å². The number of methoxy groups -OCH3 is 1. The van der Waals surface area contributed by atoms with Crippen LogP contribution in [0.2, 0.25) is 0 Å². The summed E-state index contributed by atoms with van der Waals surface area (Å²) in [6.07, 6.45) is 3.75. The van der Waals surface area contributed by atoms with E-state index in [-0.39, 0.29) is 12.5 Å². The fourth-order valence-corrected chi connectivity index (χ4v) is 3.38. The molecule has 1 aromatic heterocycles. The van der Waals surface area contributed by atoms with E-state index in [1.807, 2.05) is 49.1 Å². The van der Waals surface area contributed by atoms with Crippen LogP contribution in [0.1, 0.15) is 32.1 Å². The van der Waals surface area contributed by atoms with E-state index in [2.05, 4.69) is 18.3 Å². The highest BCUT2D eigenvalue weighted by Gasteiger charge is 2.35. The second-order valence-corrected chi connectivity index (χ2v) is 6.78. The van der Waals surface area contributed by atoms with Crippen molar-refractivity contribution in [2.75, 3.05) is 18.6 Å². The van der Waals surface area contributed by atoms with Crippen LogP contribution in [0.4, 0.5) is 5.69 Å². The van der Waals surface area contributed by atoms with Gasteiger partial charge in [0.1, 0.15) is 11.5 Å². The van der Waals surface area contributed by atoms with Gasteiger partial charge in [-0.3, -0.25) is 4.79 Å². The van der Waals surface area contributed by atoms with Gasteiger partial charge in [-0.1, -0.05) is 6.08 Å². The van der Waals surface area contributed by atoms with E-state index in [9.17, 15) is 4.79 Å². The van der Waals surface area contributed by atoms with Crippen molar-refractivity contribution in [3.8, 4) is 5.75 Å². The second-order valence-electron chi connectivity index (χ2n) is 6.78. The SMILES string of the molecule is COc1ccc2c(c1)C(C)=CC(C)(C)N2C(=O)CNCc1ccco1. The van der Waals surface area contributed by atoms with Gasteiger partial charge in [0.15, 0.2) is 0 Å². The first-order valence-corrected chi connectivity index (χ1v) is 8.36. The average molecular weight is 340 g/mol. The Hall–Kier alpha value is -2.53. The molecule has 0 radical (unpaired) electrons. The summed E-state index contributed by atoms with van der Waals surface area (Å²) < 4.78 is 10.6. The molecule has 25 heavy (non-hydrogen) atoms. The molecule has 1 amide bonds. The fraction of sp³-hybridized carbons (Fsp3) is 0.350. The van der Waals surface area contributed by atoms with Gasteiger partial charge in [0.25, 0.3) is 0 Å². The van der Waals surface area contributed by atoms with Crippen molar-refractivity contribution in [1.82, 2.24) is 5.32 Å². The summed E-state index contributed by atoms with van der Waals surface area (Å²) in [6.45, 7) is 6.93. The molecule has 0 saturated heterocycles. The molecule has 0 spiro atoms. The number of hydrogen-bond donors (Lipinski definition) is 1. The maximum Gasteiger partial charge on any atom is 0.241 e. The van der Waals surface area contributed by atoms with Crippen LogP contribution >= 0.6 is 0 Å². The van der Waals surface area contributed by atoms with Crippen molar-refractivity contribution < 1.29 is 13.9 Å². The lowest BCUT2D eigenvalue weighted by atomic mass is 9.88. The van der Waals surface area contributed by atoms with E-state index in [0.29, 0.717) is 6.54 Å². The zero-order valence-electron chi connectivity index (χ0n) is 15.1. The molecule has 0 bridgehead atoms. The molecule has 0 aliphatic carbocycles. The summed E-state index contributed by atoms with van der Waals surface area (Å²) in [5.74, 6) is 1.62. The van der Waals surface area contributed by atoms with Gasteiger partial charge in [0.05, 0.1) is 37.7 Å². The van der Waals surface area contributed by atoms with Crippen molar-refractivity contribution >= 4 is 17.2 Å². The summed E-state index contributed by atoms with van der Waals surface area (Å²) in [7, 11) is 1.65. The third-order valence-electron chi connectivity index (χ3n) is 4.42. The third kappa shape index (κ3) is 3.46. The van der Waals surface area contributed by atoms with Gasteiger partial charge in [-0.25, -0.2) is 0 Å². The van der Waals surface area contributed by atoms with Gasteiger partial charge in [-0.2, -0.15) is 0 Å². The van der Waals surface area contributed by atoms with Gasteiger partial charge in [0, 0.05) is 5.56 Å². The number of fused-ring (bicyclic) bond motifs is 1. The molecular weight excluding hydrogens is 316 g/mol. The van der Waals surface area contributed by atoms with E-state index in [1.54, 1.807) is 13.4 Å². The number of amides is 1. The number of nitrogens with zero attached hydrogens (tertiary/aromatic N) is 1. The Morgan fingerprint density at radius 2 is 2.12 bits per heavy atom. The predicted octanol–water partition coefficient (Wildman–Crippen LogP) is 3.61. The van der Waals surface area contributed by atoms with Gasteiger partial charge in [-0.05, 0) is 56.7 Å². The summed E-state index contributed by atoms with van der Waals surface area (Å²) in [5, 5.41) is 3.16. The molecule has 0 atom stereocenters. The maximum absolute atomic E-state index is 12.9. The van der Waals surface area contributed by atoms with E-state index in [4.69, 9.17) is 9.15 Å². The minimum atomic E-state index is -0.394. The standard InChI is InChI=1S/C20H24N2O3/c1-14-11-20(2,3)22(18-8-7-15(24-4)10-17(14)18)19(23)13-21-12-16-6-5-9-25-16/h5-11,21H,12-13H2,1-4H3. The third-order valence-corrected chi connectivity index (χ3v) is 4.42. The van der Waals surface area contributed by atoms with Crippen LogP contribution in [-0.4, -0.2) is 25.1 Å². The molecule has 0 unspecified atom stereocenters. The molecular formula is C20H24N2O3. The first-order valence-electron chi connectivity index (χ1n) is 8.36. The number of ether oxygens (including phenoxy) is 1. The monoisotopic (exact) mass is 340 g/mol. The minimum Gasteiger partial charge on any atom is -0.497 e. The Bertz CT molecular complexity index is 791. The number of allylic oxidation sites excluding steroid dienone is 1. The van der Waals surface area contributed by atoms with Gasteiger partial charge in [0.2, 0.25) is 5.91 Å². The van der Waals surface area contributed by atoms with Crippen LogP contribution in [-0.2, 0) is 11.3 Å². The van der Waals surface area contributed by atoms with E-state index in [1.165, 1.54) is 0 Å². The Labute approximate surface area is 148 Å². The lowest BCUT2D eigenvalue weighted by Gasteiger charge is -2.41. The largest absolute Gasteiger partial charge is 0.497 e.